The van der Waals surface area contributed by atoms with Crippen LogP contribution in [0.5, 0.6) is 11.5 Å². The first-order valence-electron chi connectivity index (χ1n) is 7.24. The molecule has 2 N–H and O–H groups in total. The summed E-state index contributed by atoms with van der Waals surface area (Å²) < 4.78 is 10.8. The molecule has 0 unspecified atom stereocenters. The minimum atomic E-state index is -0.860. The number of carbonyl (C=O) groups excluding carboxylic acids is 1. The van der Waals surface area contributed by atoms with Crippen molar-refractivity contribution in [2.75, 3.05) is 13.7 Å². The Hall–Kier alpha value is -2.24. The first-order valence-corrected chi connectivity index (χ1v) is 7.24. The summed E-state index contributed by atoms with van der Waals surface area (Å²) in [5, 5.41) is 11.8. The highest BCUT2D eigenvalue weighted by molar-refractivity contribution is 5.97. The van der Waals surface area contributed by atoms with E-state index in [9.17, 15) is 9.59 Å². The zero-order valence-corrected chi connectivity index (χ0v) is 13.0. The third kappa shape index (κ3) is 3.50. The van der Waals surface area contributed by atoms with Crippen molar-refractivity contribution in [2.24, 2.45) is 5.41 Å². The molecule has 0 aliphatic heterocycles. The summed E-state index contributed by atoms with van der Waals surface area (Å²) in [7, 11) is 1.54. The number of methoxy groups -OCH3 is 1. The number of aliphatic carboxylic acids is 1. The van der Waals surface area contributed by atoms with Crippen LogP contribution >= 0.6 is 0 Å². The quantitative estimate of drug-likeness (QED) is 0.805. The number of hydrogen-bond donors (Lipinski definition) is 2. The summed E-state index contributed by atoms with van der Waals surface area (Å²) in [6, 6.07) is 4.94. The van der Waals surface area contributed by atoms with Crippen LogP contribution in [0.1, 0.15) is 37.0 Å². The molecule has 1 aromatic carbocycles. The monoisotopic (exact) mass is 307 g/mol. The highest BCUT2D eigenvalue weighted by Gasteiger charge is 2.50. The fraction of sp³-hybridized carbons (Fsp3) is 0.500. The van der Waals surface area contributed by atoms with Gasteiger partial charge < -0.3 is 19.9 Å². The van der Waals surface area contributed by atoms with E-state index in [1.165, 1.54) is 7.11 Å². The second-order valence-electron chi connectivity index (χ2n) is 5.80. The van der Waals surface area contributed by atoms with Crippen LogP contribution < -0.4 is 14.8 Å². The van der Waals surface area contributed by atoms with Crippen LogP contribution in [-0.2, 0) is 4.79 Å². The SMILES string of the molecule is COc1ccc(C(=O)NCC2(C(=O)O)CC2)c(OC(C)C)c1. The third-order valence-electron chi connectivity index (χ3n) is 3.69. The third-order valence-corrected chi connectivity index (χ3v) is 3.69. The van der Waals surface area contributed by atoms with Crippen molar-refractivity contribution in [1.82, 2.24) is 5.32 Å². The van der Waals surface area contributed by atoms with E-state index in [4.69, 9.17) is 14.6 Å². The van der Waals surface area contributed by atoms with Crippen LogP contribution in [0.2, 0.25) is 0 Å². The van der Waals surface area contributed by atoms with Gasteiger partial charge in [0.05, 0.1) is 24.2 Å². The highest BCUT2D eigenvalue weighted by atomic mass is 16.5. The number of carboxylic acid groups (broad SMARTS) is 1. The first kappa shape index (κ1) is 16.1. The van der Waals surface area contributed by atoms with E-state index in [2.05, 4.69) is 5.32 Å². The van der Waals surface area contributed by atoms with E-state index in [1.54, 1.807) is 18.2 Å². The summed E-state index contributed by atoms with van der Waals surface area (Å²) in [6.07, 6.45) is 1.11. The molecule has 22 heavy (non-hydrogen) atoms. The number of benzene rings is 1. The standard InChI is InChI=1S/C16H21NO5/c1-10(2)22-13-8-11(21-3)4-5-12(13)14(18)17-9-16(6-7-16)15(19)20/h4-5,8,10H,6-7,9H2,1-3H3,(H,17,18)(H,19,20). The molecule has 0 saturated heterocycles. The Kier molecular flexibility index (Phi) is 4.59. The molecule has 0 atom stereocenters. The molecule has 6 nitrogen and oxygen atoms in total. The van der Waals surface area contributed by atoms with E-state index in [-0.39, 0.29) is 18.6 Å². The maximum atomic E-state index is 12.3. The van der Waals surface area contributed by atoms with Gasteiger partial charge in [-0.1, -0.05) is 0 Å². The fourth-order valence-corrected chi connectivity index (χ4v) is 2.13. The van der Waals surface area contributed by atoms with Crippen molar-refractivity contribution in [2.45, 2.75) is 32.8 Å². The number of hydrogen-bond acceptors (Lipinski definition) is 4. The molecular weight excluding hydrogens is 286 g/mol. The van der Waals surface area contributed by atoms with E-state index < -0.39 is 11.4 Å². The smallest absolute Gasteiger partial charge is 0.311 e. The Morgan fingerprint density at radius 3 is 2.55 bits per heavy atom. The van der Waals surface area contributed by atoms with Crippen LogP contribution in [0.25, 0.3) is 0 Å². The Labute approximate surface area is 129 Å². The molecule has 0 aromatic heterocycles. The molecule has 1 aromatic rings. The summed E-state index contributed by atoms with van der Waals surface area (Å²) >= 11 is 0. The van der Waals surface area contributed by atoms with Crippen molar-refractivity contribution < 1.29 is 24.2 Å². The highest BCUT2D eigenvalue weighted by Crippen LogP contribution is 2.45. The molecule has 1 fully saturated rings. The van der Waals surface area contributed by atoms with Crippen molar-refractivity contribution in [1.29, 1.82) is 0 Å². The van der Waals surface area contributed by atoms with Gasteiger partial charge >= 0.3 is 5.97 Å². The zero-order valence-electron chi connectivity index (χ0n) is 13.0. The summed E-state index contributed by atoms with van der Waals surface area (Å²) in [4.78, 5) is 23.5. The van der Waals surface area contributed by atoms with Crippen LogP contribution in [0, 0.1) is 5.41 Å². The van der Waals surface area contributed by atoms with Gasteiger partial charge in [-0.3, -0.25) is 9.59 Å². The molecule has 1 saturated carbocycles. The summed E-state index contributed by atoms with van der Waals surface area (Å²) in [5.41, 5.74) is -0.419. The number of ether oxygens (including phenoxy) is 2. The normalized spacial score (nSPS) is 15.3. The lowest BCUT2D eigenvalue weighted by Gasteiger charge is -2.16. The number of nitrogens with one attached hydrogen (secondary N) is 1. The fourth-order valence-electron chi connectivity index (χ4n) is 2.13. The number of carboxylic acids is 1. The van der Waals surface area contributed by atoms with Crippen LogP contribution in [0.15, 0.2) is 18.2 Å². The van der Waals surface area contributed by atoms with E-state index in [0.29, 0.717) is 29.9 Å². The van der Waals surface area contributed by atoms with E-state index in [1.807, 2.05) is 13.8 Å². The van der Waals surface area contributed by atoms with Gasteiger partial charge in [-0.15, -0.1) is 0 Å². The molecular formula is C16H21NO5. The van der Waals surface area contributed by atoms with Gasteiger partial charge in [0, 0.05) is 12.6 Å². The van der Waals surface area contributed by atoms with Crippen molar-refractivity contribution in [3.05, 3.63) is 23.8 Å². The van der Waals surface area contributed by atoms with Gasteiger partial charge in [-0.25, -0.2) is 0 Å². The predicted molar refractivity (Wildman–Crippen MR) is 80.4 cm³/mol. The lowest BCUT2D eigenvalue weighted by Crippen LogP contribution is -2.34. The number of carbonyl (C=O) groups is 2. The Balaban J connectivity index is 2.12. The Bertz CT molecular complexity index is 578. The average molecular weight is 307 g/mol. The molecule has 0 spiro atoms. The van der Waals surface area contributed by atoms with E-state index in [0.717, 1.165) is 0 Å². The van der Waals surface area contributed by atoms with Gasteiger partial charge in [0.2, 0.25) is 0 Å². The molecule has 0 bridgehead atoms. The molecule has 1 amide bonds. The predicted octanol–water partition coefficient (Wildman–Crippen LogP) is 2.08. The average Bonchev–Trinajstić information content (AvgIpc) is 3.25. The summed E-state index contributed by atoms with van der Waals surface area (Å²) in [6.45, 7) is 3.86. The lowest BCUT2D eigenvalue weighted by atomic mass is 10.1. The minimum absolute atomic E-state index is 0.0903. The minimum Gasteiger partial charge on any atom is -0.497 e. The van der Waals surface area contributed by atoms with E-state index >= 15 is 0 Å². The Morgan fingerprint density at radius 1 is 1.36 bits per heavy atom. The van der Waals surface area contributed by atoms with Gasteiger partial charge in [-0.2, -0.15) is 0 Å². The second-order valence-corrected chi connectivity index (χ2v) is 5.80. The lowest BCUT2D eigenvalue weighted by molar-refractivity contribution is -0.143. The number of rotatable bonds is 7. The number of amides is 1. The van der Waals surface area contributed by atoms with Crippen molar-refractivity contribution in [3.8, 4) is 11.5 Å². The molecule has 0 heterocycles. The van der Waals surface area contributed by atoms with Gasteiger partial charge in [0.15, 0.2) is 0 Å². The largest absolute Gasteiger partial charge is 0.497 e. The molecule has 0 radical (unpaired) electrons. The Morgan fingerprint density at radius 2 is 2.05 bits per heavy atom. The molecule has 120 valence electrons. The molecule has 1 aliphatic rings. The molecule has 2 rings (SSSR count). The van der Waals surface area contributed by atoms with Crippen molar-refractivity contribution in [3.63, 3.8) is 0 Å². The van der Waals surface area contributed by atoms with Crippen LogP contribution in [-0.4, -0.2) is 36.7 Å². The second kappa shape index (κ2) is 6.25. The van der Waals surface area contributed by atoms with Gasteiger partial charge in [0.25, 0.3) is 5.91 Å². The zero-order chi connectivity index (χ0) is 16.3. The maximum Gasteiger partial charge on any atom is 0.311 e. The molecule has 1 aliphatic carbocycles. The maximum absolute atomic E-state index is 12.3. The van der Waals surface area contributed by atoms with Gasteiger partial charge in [-0.05, 0) is 38.8 Å². The summed E-state index contributed by atoms with van der Waals surface area (Å²) in [5.74, 6) is -0.185. The van der Waals surface area contributed by atoms with Crippen LogP contribution in [0.3, 0.4) is 0 Å². The van der Waals surface area contributed by atoms with Crippen LogP contribution in [0.4, 0.5) is 0 Å². The van der Waals surface area contributed by atoms with Crippen molar-refractivity contribution >= 4 is 11.9 Å². The first-order chi connectivity index (χ1) is 10.4. The molecule has 6 heteroatoms. The van der Waals surface area contributed by atoms with Gasteiger partial charge in [0.1, 0.15) is 11.5 Å². The topological polar surface area (TPSA) is 84.9 Å².